The van der Waals surface area contributed by atoms with E-state index < -0.39 is 54.1 Å². The van der Waals surface area contributed by atoms with Gasteiger partial charge in [-0.1, -0.05) is 54.1 Å². The molecule has 2 rings (SSSR count). The number of hydrogen-bond donors (Lipinski definition) is 5. The highest BCUT2D eigenvalue weighted by atomic mass is 35.5. The van der Waals surface area contributed by atoms with Crippen LogP contribution in [0.4, 0.5) is 0 Å². The summed E-state index contributed by atoms with van der Waals surface area (Å²) in [5, 5.41) is 7.71. The van der Waals surface area contributed by atoms with Crippen molar-refractivity contribution in [1.29, 1.82) is 0 Å². The zero-order chi connectivity index (χ0) is 26.0. The molecule has 0 saturated carbocycles. The van der Waals surface area contributed by atoms with Crippen LogP contribution in [0.25, 0.3) is 0 Å². The van der Waals surface area contributed by atoms with Crippen LogP contribution >= 0.6 is 11.6 Å². The maximum Gasteiger partial charge on any atom is 0.253 e. The van der Waals surface area contributed by atoms with Crippen molar-refractivity contribution in [3.63, 3.8) is 0 Å². The molecule has 10 nitrogen and oxygen atoms in total. The third kappa shape index (κ3) is 8.74. The highest BCUT2D eigenvalue weighted by Crippen LogP contribution is 2.15. The SMILES string of the molecule is C[C@H](NC(=O)[C@H](CCc1ccccc1)NC(=O)c1ccccc1Cl)C(=O)N[C@@H](CC(N)=O)C(N)=O. The number of aryl methyl sites for hydroxylation is 1. The quantitative estimate of drug-likeness (QED) is 0.283. The Kier molecular flexibility index (Phi) is 10.2. The first-order valence-electron chi connectivity index (χ1n) is 10.9. The van der Waals surface area contributed by atoms with Gasteiger partial charge in [0.25, 0.3) is 5.91 Å². The second-order valence-electron chi connectivity index (χ2n) is 7.89. The fourth-order valence-electron chi connectivity index (χ4n) is 3.21. The Morgan fingerprint density at radius 3 is 2.06 bits per heavy atom. The van der Waals surface area contributed by atoms with Crippen LogP contribution in [-0.4, -0.2) is 47.7 Å². The Morgan fingerprint density at radius 1 is 0.829 bits per heavy atom. The van der Waals surface area contributed by atoms with E-state index in [1.807, 2.05) is 30.3 Å². The molecule has 0 aliphatic rings. The average molecular weight is 502 g/mol. The van der Waals surface area contributed by atoms with Gasteiger partial charge in [-0.25, -0.2) is 0 Å². The molecule has 0 heterocycles. The minimum atomic E-state index is -1.31. The first-order valence-corrected chi connectivity index (χ1v) is 11.2. The molecular formula is C24H28ClN5O5. The largest absolute Gasteiger partial charge is 0.370 e. The maximum absolute atomic E-state index is 13.0. The van der Waals surface area contributed by atoms with E-state index in [0.29, 0.717) is 6.42 Å². The molecule has 0 aliphatic heterocycles. The van der Waals surface area contributed by atoms with E-state index in [9.17, 15) is 24.0 Å². The Balaban J connectivity index is 2.11. The summed E-state index contributed by atoms with van der Waals surface area (Å²) in [6, 6.07) is 12.4. The molecule has 0 saturated heterocycles. The molecule has 0 unspecified atom stereocenters. The molecule has 186 valence electrons. The third-order valence-electron chi connectivity index (χ3n) is 5.12. The van der Waals surface area contributed by atoms with E-state index in [-0.39, 0.29) is 17.0 Å². The van der Waals surface area contributed by atoms with Gasteiger partial charge in [-0.2, -0.15) is 0 Å². The van der Waals surface area contributed by atoms with Gasteiger partial charge in [0, 0.05) is 0 Å². The van der Waals surface area contributed by atoms with Gasteiger partial charge in [0.2, 0.25) is 23.6 Å². The number of primary amides is 2. The highest BCUT2D eigenvalue weighted by Gasteiger charge is 2.28. The summed E-state index contributed by atoms with van der Waals surface area (Å²) >= 11 is 6.11. The topological polar surface area (TPSA) is 173 Å². The molecule has 0 aliphatic carbocycles. The van der Waals surface area contributed by atoms with Crippen LogP contribution in [0.15, 0.2) is 54.6 Å². The zero-order valence-corrected chi connectivity index (χ0v) is 19.9. The van der Waals surface area contributed by atoms with Gasteiger partial charge in [-0.05, 0) is 37.5 Å². The second kappa shape index (κ2) is 13.1. The Bertz CT molecular complexity index is 1080. The zero-order valence-electron chi connectivity index (χ0n) is 19.1. The minimum Gasteiger partial charge on any atom is -0.370 e. The smallest absolute Gasteiger partial charge is 0.253 e. The van der Waals surface area contributed by atoms with Gasteiger partial charge in [0.1, 0.15) is 18.1 Å². The molecule has 7 N–H and O–H groups in total. The number of rotatable bonds is 12. The van der Waals surface area contributed by atoms with Gasteiger partial charge in [-0.3, -0.25) is 24.0 Å². The van der Waals surface area contributed by atoms with Gasteiger partial charge in [0.15, 0.2) is 0 Å². The molecule has 0 spiro atoms. The molecule has 35 heavy (non-hydrogen) atoms. The van der Waals surface area contributed by atoms with Gasteiger partial charge in [0.05, 0.1) is 17.0 Å². The molecule has 5 amide bonds. The fourth-order valence-corrected chi connectivity index (χ4v) is 3.43. The number of nitrogens with one attached hydrogen (secondary N) is 3. The first kappa shape index (κ1) is 27.3. The van der Waals surface area contributed by atoms with Crippen molar-refractivity contribution in [3.05, 3.63) is 70.7 Å². The van der Waals surface area contributed by atoms with Crippen molar-refractivity contribution in [1.82, 2.24) is 16.0 Å². The number of hydrogen-bond acceptors (Lipinski definition) is 5. The van der Waals surface area contributed by atoms with Crippen molar-refractivity contribution >= 4 is 41.1 Å². The van der Waals surface area contributed by atoms with Crippen LogP contribution in [0.1, 0.15) is 35.7 Å². The van der Waals surface area contributed by atoms with Gasteiger partial charge in [-0.15, -0.1) is 0 Å². The third-order valence-corrected chi connectivity index (χ3v) is 5.45. The van der Waals surface area contributed by atoms with E-state index in [4.69, 9.17) is 23.1 Å². The molecule has 0 bridgehead atoms. The Hall–Kier alpha value is -3.92. The van der Waals surface area contributed by atoms with Crippen LogP contribution in [0.2, 0.25) is 5.02 Å². The fraction of sp³-hybridized carbons (Fsp3) is 0.292. The van der Waals surface area contributed by atoms with Crippen molar-refractivity contribution in [2.45, 2.75) is 44.3 Å². The number of carbonyl (C=O) groups excluding carboxylic acids is 5. The molecule has 0 fully saturated rings. The van der Waals surface area contributed by atoms with E-state index >= 15 is 0 Å². The summed E-state index contributed by atoms with van der Waals surface area (Å²) in [6.45, 7) is 1.39. The van der Waals surface area contributed by atoms with Crippen LogP contribution in [0.3, 0.4) is 0 Å². The van der Waals surface area contributed by atoms with E-state index in [0.717, 1.165) is 5.56 Å². The predicted molar refractivity (Wildman–Crippen MR) is 130 cm³/mol. The number of nitrogens with two attached hydrogens (primary N) is 2. The normalized spacial score (nSPS) is 13.1. The average Bonchev–Trinajstić information content (AvgIpc) is 2.81. The van der Waals surface area contributed by atoms with Crippen LogP contribution in [0, 0.1) is 0 Å². The molecule has 3 atom stereocenters. The summed E-state index contributed by atoms with van der Waals surface area (Å²) in [6.07, 6.45) is 0.242. The van der Waals surface area contributed by atoms with Crippen molar-refractivity contribution in [2.24, 2.45) is 11.5 Å². The number of carbonyl (C=O) groups is 5. The monoisotopic (exact) mass is 501 g/mol. The summed E-state index contributed by atoms with van der Waals surface area (Å²) in [5.41, 5.74) is 11.4. The number of halogens is 1. The van der Waals surface area contributed by atoms with E-state index in [1.54, 1.807) is 18.2 Å². The lowest BCUT2D eigenvalue weighted by Gasteiger charge is -2.23. The maximum atomic E-state index is 13.0. The van der Waals surface area contributed by atoms with Crippen molar-refractivity contribution in [3.8, 4) is 0 Å². The lowest BCUT2D eigenvalue weighted by molar-refractivity contribution is -0.132. The second-order valence-corrected chi connectivity index (χ2v) is 8.30. The molecule has 0 radical (unpaired) electrons. The van der Waals surface area contributed by atoms with E-state index in [1.165, 1.54) is 13.0 Å². The van der Waals surface area contributed by atoms with Crippen LogP contribution in [0.5, 0.6) is 0 Å². The van der Waals surface area contributed by atoms with Crippen LogP contribution < -0.4 is 27.4 Å². The van der Waals surface area contributed by atoms with E-state index in [2.05, 4.69) is 16.0 Å². The lowest BCUT2D eigenvalue weighted by atomic mass is 10.0. The Morgan fingerprint density at radius 2 is 1.46 bits per heavy atom. The standard InChI is InChI=1S/C24H28ClN5O5/c1-14(22(33)30-19(21(27)32)13-20(26)31)28-24(35)18(12-11-15-7-3-2-4-8-15)29-23(34)16-9-5-6-10-17(16)25/h2-10,14,18-19H,11-13H2,1H3,(H2,26,31)(H2,27,32)(H,28,35)(H,29,34)(H,30,33)/t14-,18-,19-/m0/s1. The molecular weight excluding hydrogens is 474 g/mol. The van der Waals surface area contributed by atoms with Crippen LogP contribution in [-0.2, 0) is 25.6 Å². The summed E-state index contributed by atoms with van der Waals surface area (Å²) in [7, 11) is 0. The predicted octanol–water partition coefficient (Wildman–Crippen LogP) is 0.421. The van der Waals surface area contributed by atoms with Gasteiger partial charge < -0.3 is 27.4 Å². The van der Waals surface area contributed by atoms with Gasteiger partial charge >= 0.3 is 0 Å². The number of amides is 5. The highest BCUT2D eigenvalue weighted by molar-refractivity contribution is 6.33. The lowest BCUT2D eigenvalue weighted by Crippen LogP contribution is -2.56. The first-order chi connectivity index (χ1) is 16.6. The summed E-state index contributed by atoms with van der Waals surface area (Å²) < 4.78 is 0. The van der Waals surface area contributed by atoms with Crippen molar-refractivity contribution in [2.75, 3.05) is 0 Å². The molecule has 2 aromatic rings. The summed E-state index contributed by atoms with van der Waals surface area (Å²) in [5.74, 6) is -3.68. The summed E-state index contributed by atoms with van der Waals surface area (Å²) in [4.78, 5) is 60.9. The molecule has 2 aromatic carbocycles. The molecule has 0 aromatic heterocycles. The Labute approximate surface area is 207 Å². The number of benzene rings is 2. The van der Waals surface area contributed by atoms with Crippen molar-refractivity contribution < 1.29 is 24.0 Å². The minimum absolute atomic E-state index is 0.202. The molecule has 11 heteroatoms.